The molecule has 5 saturated heterocycles. The van der Waals surface area contributed by atoms with E-state index in [9.17, 15) is 73.9 Å². The Morgan fingerprint density at radius 2 is 0.713 bits per heavy atom. The van der Waals surface area contributed by atoms with Crippen LogP contribution < -0.4 is 32.7 Å². The van der Waals surface area contributed by atoms with E-state index >= 15 is 0 Å². The number of hydrogen-bond donors (Lipinski definition) is 7. The molecule has 15 atom stereocenters. The van der Waals surface area contributed by atoms with E-state index < -0.39 is 137 Å². The molecule has 4 amide bonds. The number of non-ortho nitro benzene ring substituents is 1. The minimum Gasteiger partial charge on any atom is -0.444 e. The number of alkyl halides is 4. The van der Waals surface area contributed by atoms with E-state index in [1.165, 1.54) is 83.4 Å². The Morgan fingerprint density at radius 3 is 1.05 bits per heavy atom. The average molecular weight is 1890 g/mol. The van der Waals surface area contributed by atoms with E-state index in [1.807, 2.05) is 12.1 Å². The molecule has 9 N–H and O–H groups in total. The van der Waals surface area contributed by atoms with Crippen molar-refractivity contribution in [3.63, 3.8) is 0 Å². The first-order valence-electron chi connectivity index (χ1n) is 40.9. The highest BCUT2D eigenvalue weighted by atomic mass is 32.2. The highest BCUT2D eigenvalue weighted by molar-refractivity contribution is 8.15. The van der Waals surface area contributed by atoms with Gasteiger partial charge in [-0.2, -0.15) is 0 Å². The molecule has 688 valence electrons. The van der Waals surface area contributed by atoms with Gasteiger partial charge in [0.15, 0.2) is 25.8 Å². The van der Waals surface area contributed by atoms with Crippen molar-refractivity contribution in [1.29, 1.82) is 0 Å². The lowest BCUT2D eigenvalue weighted by atomic mass is 9.79. The number of aliphatic hydroxyl groups is 1. The largest absolute Gasteiger partial charge is 0.444 e. The van der Waals surface area contributed by atoms with Crippen LogP contribution in [0, 0.1) is 68.8 Å². The van der Waals surface area contributed by atoms with E-state index in [-0.39, 0.29) is 120 Å². The number of carbonyl (C=O) groups excluding carboxylic acids is 4. The van der Waals surface area contributed by atoms with Crippen molar-refractivity contribution < 1.29 is 102 Å². The number of nitrogens with two attached hydrogens (primary N) is 2. The lowest BCUT2D eigenvalue weighted by Gasteiger charge is -2.36. The number of nitro benzene ring substituents is 1. The van der Waals surface area contributed by atoms with Crippen LogP contribution in [0.2, 0.25) is 0 Å². The zero-order valence-corrected chi connectivity index (χ0v) is 74.7. The van der Waals surface area contributed by atoms with Crippen LogP contribution in [0.1, 0.15) is 90.1 Å². The number of nitrogens with one attached hydrogen (secondary N) is 4. The summed E-state index contributed by atoms with van der Waals surface area (Å²) in [6.45, 7) is 7.74. The Labute approximate surface area is 758 Å². The number of rotatable bonds is 13. The summed E-state index contributed by atoms with van der Waals surface area (Å²) in [5.74, 6) is -2.15. The van der Waals surface area contributed by atoms with Crippen LogP contribution >= 0.6 is 58.8 Å². The summed E-state index contributed by atoms with van der Waals surface area (Å²) in [4.78, 5) is 82.6. The zero-order valence-electron chi connectivity index (χ0n) is 70.6. The molecule has 10 aliphatic rings. The monoisotopic (exact) mass is 1890 g/mol. The first-order valence-corrected chi connectivity index (χ1v) is 45.9. The zero-order chi connectivity index (χ0) is 92.4. The van der Waals surface area contributed by atoms with Crippen LogP contribution in [0.4, 0.5) is 60.5 Å². The van der Waals surface area contributed by atoms with Gasteiger partial charge in [-0.25, -0.2) is 74.1 Å². The summed E-state index contributed by atoms with van der Waals surface area (Å²) in [6, 6.07) is 44.3. The smallest absolute Gasteiger partial charge is 0.413 e. The van der Waals surface area contributed by atoms with Gasteiger partial charge < -0.3 is 60.4 Å². The van der Waals surface area contributed by atoms with E-state index in [4.69, 9.17) is 49.6 Å². The SMILES string of the molecule is CC(C)(C)OC(=O)NC1=N[C@@]2(c3cc(N)ccc3F)CO[C@H](CF)[C@H]2CS1.CC(C)(C)OC(=O)NC1=N[C@@]2(c3cc([N+](=O)[O-])ccc3F)CO[C@H](CF)[C@H]2CS1.NC1=N[C@@]2(c3ccccc3F)CO[C@H](CF)[C@H]2CS1.O=C(NC1=N[C@@]2(c3ccccc3F)CO[C@H](CF)[C@H]2CS1)c1ccccc1.O=C(NC1=N[C@@]2(c3ccccc3F)CO[C@H](CO)[C@H]2CS1)c1ccccc1. The van der Waals surface area contributed by atoms with Crippen LogP contribution in [0.5, 0.6) is 0 Å². The lowest BCUT2D eigenvalue weighted by Crippen LogP contribution is -2.45. The van der Waals surface area contributed by atoms with Crippen molar-refractivity contribution in [1.82, 2.24) is 21.3 Å². The quantitative estimate of drug-likeness (QED) is 0.0244. The molecule has 26 nitrogen and oxygen atoms in total. The number of amides is 4. The summed E-state index contributed by atoms with van der Waals surface area (Å²) >= 11 is 6.50. The molecule has 7 aromatic carbocycles. The predicted octanol–water partition coefficient (Wildman–Crippen LogP) is 14.9. The maximum atomic E-state index is 14.7. The van der Waals surface area contributed by atoms with Gasteiger partial charge >= 0.3 is 12.2 Å². The Kier molecular flexibility index (Phi) is 31.0. The summed E-state index contributed by atoms with van der Waals surface area (Å²) < 4.78 is 164. The molecule has 17 rings (SSSR count). The topological polar surface area (TPSA) is 358 Å². The molecule has 0 bridgehead atoms. The number of halogens is 9. The molecule has 0 aliphatic carbocycles. The second kappa shape index (κ2) is 41.4. The number of ether oxygens (including phenoxy) is 7. The fourth-order valence-corrected chi connectivity index (χ4v) is 22.8. The first-order chi connectivity index (χ1) is 61.6. The Hall–Kier alpha value is -9.75. The fraction of sp³-hybridized carbons (Fsp3) is 0.427. The number of amidine groups is 5. The minimum absolute atomic E-state index is 0.00663. The molecule has 10 aliphatic heterocycles. The number of aliphatic imine (C=N–C) groups is 5. The lowest BCUT2D eigenvalue weighted by molar-refractivity contribution is -0.385. The number of nitrogens with zero attached hydrogens (tertiary/aromatic N) is 6. The Bertz CT molecular complexity index is 5260. The minimum atomic E-state index is -1.39. The van der Waals surface area contributed by atoms with Crippen LogP contribution in [0.25, 0.3) is 0 Å². The molecular formula is C89H95F9N12O14S5. The molecule has 10 heterocycles. The highest BCUT2D eigenvalue weighted by Crippen LogP contribution is 2.54. The summed E-state index contributed by atoms with van der Waals surface area (Å²) in [5, 5.41) is 33.2. The maximum Gasteiger partial charge on any atom is 0.413 e. The molecule has 0 radical (unpaired) electrons. The molecule has 7 aromatic rings. The molecule has 5 fully saturated rings. The number of anilines is 1. The van der Waals surface area contributed by atoms with E-state index in [2.05, 4.69) is 41.2 Å². The van der Waals surface area contributed by atoms with Crippen LogP contribution in [0.3, 0.4) is 0 Å². The van der Waals surface area contributed by atoms with E-state index in [0.717, 1.165) is 30.0 Å². The Balaban J connectivity index is 0.000000138. The van der Waals surface area contributed by atoms with Gasteiger partial charge in [-0.05, 0) is 108 Å². The maximum absolute atomic E-state index is 14.7. The molecule has 0 aromatic heterocycles. The number of nitrogen functional groups attached to an aromatic ring is 1. The first kappa shape index (κ1) is 96.8. The van der Waals surface area contributed by atoms with Gasteiger partial charge in [-0.3, -0.25) is 30.3 Å². The summed E-state index contributed by atoms with van der Waals surface area (Å²) in [6.07, 6.45) is -4.49. The van der Waals surface area contributed by atoms with E-state index in [1.54, 1.807) is 145 Å². The van der Waals surface area contributed by atoms with Crippen molar-refractivity contribution in [2.45, 2.75) is 111 Å². The average Bonchev–Trinajstić information content (AvgIpc) is 1.63. The Morgan fingerprint density at radius 1 is 0.419 bits per heavy atom. The van der Waals surface area contributed by atoms with Gasteiger partial charge in [-0.15, -0.1) is 0 Å². The predicted molar refractivity (Wildman–Crippen MR) is 479 cm³/mol. The molecule has 129 heavy (non-hydrogen) atoms. The van der Waals surface area contributed by atoms with Crippen LogP contribution in [-0.2, 0) is 60.9 Å². The standard InChI is InChI=1S/C20H18F2N2O2S.C20H19FN2O3S.C18H21F2N3O5S.C18H23F2N3O3S.C13H14F2N2OS/c21-10-17-15-11-27-19(23-18(25)13-6-2-1-3-7-13)24-20(15,12-26-17)14-8-4-5-9-16(14)22;21-16-9-5-4-8-14(16)20-12-26-17(10-24)15(20)11-27-19(23-20)22-18(25)13-6-2-1-3-7-13;1-17(2,3)28-16(24)21-15-22-18(9-27-14(7-19)12(18)8-29-15)11-6-10(23(25)26)4-5-13(11)20;1-17(2,3)26-16(24)22-15-23-18(11-6-10(21)4-5-13(11)20)9-25-14(7-19)12(18)8-27-15;14-5-11-9-6-19-12(16)17-13(9,7-18-11)8-3-1-2-4-10(8)15/h1-9,15,17H,10-12H2,(H,23,24,25);1-9,15,17,24H,10-12H2,(H,22,23,25);4-6,12,14H,7-9H2,1-3H3,(H,21,22,24);4-6,12,14H,7-9,21H2,1-3H3,(H,22,23,24);1-4,9,11H,5-7H2,(H2,16,17)/t2*15-,17-,20-;2*12-,14-,18-;9-,11-,13-/m11111/s1. The number of hydrogen-bond acceptors (Lipinski definition) is 26. The van der Waals surface area contributed by atoms with Gasteiger partial charge in [0, 0.05) is 115 Å². The number of aliphatic hydroxyl groups excluding tert-OH is 1. The van der Waals surface area contributed by atoms with Crippen LogP contribution in [0.15, 0.2) is 195 Å². The third kappa shape index (κ3) is 21.4. The van der Waals surface area contributed by atoms with E-state index in [0.29, 0.717) is 72.0 Å². The summed E-state index contributed by atoms with van der Waals surface area (Å²) in [5.41, 5.74) is 7.36. The molecule has 40 heteroatoms. The number of benzene rings is 7. The van der Waals surface area contributed by atoms with Gasteiger partial charge in [0.1, 0.15) is 94.7 Å². The second-order valence-corrected chi connectivity index (χ2v) is 38.4. The van der Waals surface area contributed by atoms with Gasteiger partial charge in [0.05, 0.1) is 75.1 Å². The van der Waals surface area contributed by atoms with Crippen molar-refractivity contribution in [2.75, 3.05) is 101 Å². The number of alkyl carbamates (subject to hydrolysis) is 2. The van der Waals surface area contributed by atoms with Crippen molar-refractivity contribution >= 4 is 120 Å². The number of thioether (sulfide) groups is 5. The number of fused-ring (bicyclic) bond motifs is 5. The van der Waals surface area contributed by atoms with Gasteiger partial charge in [0.25, 0.3) is 17.5 Å². The second-order valence-electron chi connectivity index (χ2n) is 33.4. The molecule has 0 spiro atoms. The summed E-state index contributed by atoms with van der Waals surface area (Å²) in [7, 11) is 0. The molecule has 0 saturated carbocycles. The van der Waals surface area contributed by atoms with Gasteiger partial charge in [0.2, 0.25) is 0 Å². The normalized spacial score (nSPS) is 28.0. The third-order valence-corrected chi connectivity index (χ3v) is 27.9. The number of nitro groups is 1. The molecular weight excluding hydrogens is 1790 g/mol. The fourth-order valence-electron chi connectivity index (χ4n) is 16.9. The van der Waals surface area contributed by atoms with Crippen molar-refractivity contribution in [2.24, 2.45) is 60.3 Å². The molecule has 0 unspecified atom stereocenters. The van der Waals surface area contributed by atoms with Crippen molar-refractivity contribution in [3.05, 3.63) is 248 Å². The van der Waals surface area contributed by atoms with Crippen molar-refractivity contribution in [3.8, 4) is 0 Å². The highest BCUT2D eigenvalue weighted by Gasteiger charge is 2.60. The van der Waals surface area contributed by atoms with Crippen LogP contribution in [-0.4, -0.2) is 197 Å². The third-order valence-electron chi connectivity index (χ3n) is 23.0. The van der Waals surface area contributed by atoms with Gasteiger partial charge in [-0.1, -0.05) is 150 Å². The number of carbonyl (C=O) groups is 4.